The van der Waals surface area contributed by atoms with E-state index >= 15 is 0 Å². The van der Waals surface area contributed by atoms with Gasteiger partial charge < -0.3 is 5.32 Å². The molecule has 1 heterocycles. The van der Waals surface area contributed by atoms with Crippen LogP contribution in [0.1, 0.15) is 45.4 Å². The molecular formula is C14H24ClNS. The summed E-state index contributed by atoms with van der Waals surface area (Å²) in [4.78, 5) is 1.40. The summed E-state index contributed by atoms with van der Waals surface area (Å²) in [5, 5.41) is 3.57. The van der Waals surface area contributed by atoms with Gasteiger partial charge in [-0.3, -0.25) is 0 Å². The van der Waals surface area contributed by atoms with E-state index in [4.69, 9.17) is 11.6 Å². The third-order valence-corrected chi connectivity index (χ3v) is 4.25. The van der Waals surface area contributed by atoms with Crippen molar-refractivity contribution in [1.82, 2.24) is 5.32 Å². The van der Waals surface area contributed by atoms with Crippen molar-refractivity contribution < 1.29 is 0 Å². The van der Waals surface area contributed by atoms with Crippen molar-refractivity contribution in [1.29, 1.82) is 0 Å². The quantitative estimate of drug-likeness (QED) is 0.756. The van der Waals surface area contributed by atoms with E-state index in [1.807, 2.05) is 6.07 Å². The molecule has 98 valence electrons. The van der Waals surface area contributed by atoms with Gasteiger partial charge in [0.25, 0.3) is 0 Å². The van der Waals surface area contributed by atoms with Crippen molar-refractivity contribution >= 4 is 22.9 Å². The summed E-state index contributed by atoms with van der Waals surface area (Å²) in [6, 6.07) is 4.72. The second-order valence-electron chi connectivity index (χ2n) is 5.48. The molecule has 0 aliphatic heterocycles. The molecule has 0 fully saturated rings. The molecule has 0 bridgehead atoms. The summed E-state index contributed by atoms with van der Waals surface area (Å²) in [5.41, 5.74) is 0.340. The van der Waals surface area contributed by atoms with Crippen LogP contribution in [0.3, 0.4) is 0 Å². The molecule has 0 saturated carbocycles. The number of halogens is 1. The van der Waals surface area contributed by atoms with Gasteiger partial charge in [-0.1, -0.05) is 45.7 Å². The van der Waals surface area contributed by atoms with Crippen molar-refractivity contribution in [3.63, 3.8) is 0 Å². The highest BCUT2D eigenvalue weighted by atomic mass is 35.5. The summed E-state index contributed by atoms with van der Waals surface area (Å²) < 4.78 is 0.899. The van der Waals surface area contributed by atoms with Crippen LogP contribution in [-0.4, -0.2) is 12.6 Å². The molecule has 0 amide bonds. The maximum atomic E-state index is 6.00. The summed E-state index contributed by atoms with van der Waals surface area (Å²) >= 11 is 7.71. The maximum Gasteiger partial charge on any atom is 0.0931 e. The molecule has 1 atom stereocenters. The van der Waals surface area contributed by atoms with Crippen LogP contribution >= 0.6 is 22.9 Å². The van der Waals surface area contributed by atoms with E-state index in [1.54, 1.807) is 11.3 Å². The first-order valence-corrected chi connectivity index (χ1v) is 7.62. The number of thiophene rings is 1. The van der Waals surface area contributed by atoms with Gasteiger partial charge in [-0.05, 0) is 30.4 Å². The molecule has 0 saturated heterocycles. The van der Waals surface area contributed by atoms with Crippen LogP contribution in [0.4, 0.5) is 0 Å². The average molecular weight is 274 g/mol. The fourth-order valence-electron chi connectivity index (χ4n) is 2.16. The van der Waals surface area contributed by atoms with Crippen molar-refractivity contribution in [2.75, 3.05) is 6.54 Å². The van der Waals surface area contributed by atoms with Gasteiger partial charge in [0.2, 0.25) is 0 Å². The first kappa shape index (κ1) is 15.0. The molecule has 1 aromatic heterocycles. The Kier molecular flexibility index (Phi) is 5.98. The Morgan fingerprint density at radius 1 is 1.41 bits per heavy atom. The van der Waals surface area contributed by atoms with Gasteiger partial charge in [-0.25, -0.2) is 0 Å². The van der Waals surface area contributed by atoms with Crippen LogP contribution in [0.2, 0.25) is 4.34 Å². The van der Waals surface area contributed by atoms with Crippen LogP contribution in [0.5, 0.6) is 0 Å². The van der Waals surface area contributed by atoms with Gasteiger partial charge in [0.05, 0.1) is 4.34 Å². The van der Waals surface area contributed by atoms with Crippen LogP contribution in [-0.2, 0) is 6.42 Å². The molecular weight excluding hydrogens is 250 g/mol. The van der Waals surface area contributed by atoms with Crippen molar-refractivity contribution in [2.24, 2.45) is 5.41 Å². The molecule has 0 radical (unpaired) electrons. The Bertz CT molecular complexity index is 335. The lowest BCUT2D eigenvalue weighted by Gasteiger charge is -2.30. The van der Waals surface area contributed by atoms with Gasteiger partial charge in [-0.2, -0.15) is 0 Å². The molecule has 1 nitrogen and oxygen atoms in total. The van der Waals surface area contributed by atoms with E-state index < -0.39 is 0 Å². The lowest BCUT2D eigenvalue weighted by Crippen LogP contribution is -2.37. The monoisotopic (exact) mass is 273 g/mol. The molecule has 0 aromatic carbocycles. The number of hydrogen-bond acceptors (Lipinski definition) is 2. The SMILES string of the molecule is CCCC(C)(CNC(C)C)Cc1ccc(Cl)s1. The highest BCUT2D eigenvalue weighted by molar-refractivity contribution is 7.16. The van der Waals surface area contributed by atoms with E-state index in [1.165, 1.54) is 17.7 Å². The maximum absolute atomic E-state index is 6.00. The zero-order chi connectivity index (χ0) is 12.9. The first-order valence-electron chi connectivity index (χ1n) is 6.43. The second kappa shape index (κ2) is 6.77. The van der Waals surface area contributed by atoms with Gasteiger partial charge in [-0.15, -0.1) is 11.3 Å². The van der Waals surface area contributed by atoms with Crippen molar-refractivity contribution in [3.8, 4) is 0 Å². The van der Waals surface area contributed by atoms with Gasteiger partial charge in [0, 0.05) is 17.5 Å². The van der Waals surface area contributed by atoms with Gasteiger partial charge >= 0.3 is 0 Å². The normalized spacial score (nSPS) is 15.2. The molecule has 0 spiro atoms. The fraction of sp³-hybridized carbons (Fsp3) is 0.714. The molecule has 1 rings (SSSR count). The van der Waals surface area contributed by atoms with Crippen LogP contribution in [0.25, 0.3) is 0 Å². The topological polar surface area (TPSA) is 12.0 Å². The van der Waals surface area contributed by atoms with Crippen molar-refractivity contribution in [2.45, 2.75) is 53.0 Å². The van der Waals surface area contributed by atoms with Crippen LogP contribution < -0.4 is 5.32 Å². The van der Waals surface area contributed by atoms with Gasteiger partial charge in [0.15, 0.2) is 0 Å². The Labute approximate surface area is 115 Å². The Morgan fingerprint density at radius 3 is 2.59 bits per heavy atom. The Balaban J connectivity index is 2.63. The molecule has 3 heteroatoms. The Hall–Kier alpha value is -0.0500. The summed E-state index contributed by atoms with van der Waals surface area (Å²) in [6.07, 6.45) is 3.61. The zero-order valence-electron chi connectivity index (χ0n) is 11.3. The minimum absolute atomic E-state index is 0.340. The minimum Gasteiger partial charge on any atom is -0.314 e. The van der Waals surface area contributed by atoms with E-state index in [2.05, 4.69) is 39.1 Å². The molecule has 17 heavy (non-hydrogen) atoms. The highest BCUT2D eigenvalue weighted by Gasteiger charge is 2.24. The summed E-state index contributed by atoms with van der Waals surface area (Å²) in [7, 11) is 0. The third kappa shape index (κ3) is 5.41. The zero-order valence-corrected chi connectivity index (χ0v) is 12.9. The van der Waals surface area contributed by atoms with Crippen LogP contribution in [0, 0.1) is 5.41 Å². The average Bonchev–Trinajstić information content (AvgIpc) is 2.61. The predicted molar refractivity (Wildman–Crippen MR) is 79.2 cm³/mol. The third-order valence-electron chi connectivity index (χ3n) is 3.02. The number of hydrogen-bond donors (Lipinski definition) is 1. The lowest BCUT2D eigenvalue weighted by molar-refractivity contribution is 0.269. The summed E-state index contributed by atoms with van der Waals surface area (Å²) in [6.45, 7) is 10.1. The smallest absolute Gasteiger partial charge is 0.0931 e. The number of nitrogens with one attached hydrogen (secondary N) is 1. The molecule has 1 unspecified atom stereocenters. The van der Waals surface area contributed by atoms with E-state index in [0.717, 1.165) is 17.3 Å². The van der Waals surface area contributed by atoms with E-state index in [0.29, 0.717) is 11.5 Å². The minimum atomic E-state index is 0.340. The molecule has 0 aliphatic rings. The van der Waals surface area contributed by atoms with Gasteiger partial charge in [0.1, 0.15) is 0 Å². The molecule has 1 N–H and O–H groups in total. The lowest BCUT2D eigenvalue weighted by atomic mass is 9.81. The largest absolute Gasteiger partial charge is 0.314 e. The Morgan fingerprint density at radius 2 is 2.12 bits per heavy atom. The first-order chi connectivity index (χ1) is 7.95. The molecule has 0 aliphatic carbocycles. The standard InChI is InChI=1S/C14H24ClNS/c1-5-8-14(4,10-16-11(2)3)9-12-6-7-13(15)17-12/h6-7,11,16H,5,8-10H2,1-4H3. The predicted octanol–water partition coefficient (Wildman–Crippen LogP) is 4.75. The fourth-order valence-corrected chi connectivity index (χ4v) is 3.46. The summed E-state index contributed by atoms with van der Waals surface area (Å²) in [5.74, 6) is 0. The van der Waals surface area contributed by atoms with Crippen LogP contribution in [0.15, 0.2) is 12.1 Å². The van der Waals surface area contributed by atoms with E-state index in [9.17, 15) is 0 Å². The second-order valence-corrected chi connectivity index (χ2v) is 7.28. The highest BCUT2D eigenvalue weighted by Crippen LogP contribution is 2.32. The van der Waals surface area contributed by atoms with E-state index in [-0.39, 0.29) is 0 Å². The van der Waals surface area contributed by atoms with Crippen molar-refractivity contribution in [3.05, 3.63) is 21.3 Å². The molecule has 1 aromatic rings. The number of rotatable bonds is 7.